The van der Waals surface area contributed by atoms with Gasteiger partial charge in [-0.05, 0) is 20.9 Å². The van der Waals surface area contributed by atoms with E-state index in [1.54, 1.807) is 22.7 Å². The number of rotatable bonds is 4. The van der Waals surface area contributed by atoms with E-state index >= 15 is 0 Å². The van der Waals surface area contributed by atoms with Crippen LogP contribution in [0, 0.1) is 13.8 Å². The fourth-order valence-electron chi connectivity index (χ4n) is 1.57. The van der Waals surface area contributed by atoms with Crippen LogP contribution in [0.4, 0.5) is 0 Å². The standard InChI is InChI=1S/C11H15N3S2/c1-7-5-16-11(13-7)4-9(12-3)10-6-15-8(2)14-10/h5-6,9,12H,4H2,1-3H3. The van der Waals surface area contributed by atoms with Crippen LogP contribution >= 0.6 is 22.7 Å². The quantitative estimate of drug-likeness (QED) is 0.910. The molecular weight excluding hydrogens is 238 g/mol. The van der Waals surface area contributed by atoms with Crippen molar-refractivity contribution in [3.63, 3.8) is 0 Å². The molecule has 1 N–H and O–H groups in total. The van der Waals surface area contributed by atoms with E-state index in [-0.39, 0.29) is 6.04 Å². The van der Waals surface area contributed by atoms with Gasteiger partial charge in [0.25, 0.3) is 0 Å². The zero-order valence-electron chi connectivity index (χ0n) is 9.65. The van der Waals surface area contributed by atoms with E-state index in [0.717, 1.165) is 22.8 Å². The molecule has 0 saturated carbocycles. The monoisotopic (exact) mass is 253 g/mol. The van der Waals surface area contributed by atoms with E-state index in [1.807, 2.05) is 20.9 Å². The molecule has 1 unspecified atom stereocenters. The molecule has 2 rings (SSSR count). The van der Waals surface area contributed by atoms with Gasteiger partial charge in [-0.3, -0.25) is 0 Å². The molecule has 2 heterocycles. The first-order valence-corrected chi connectivity index (χ1v) is 6.95. The Morgan fingerprint density at radius 3 is 2.56 bits per heavy atom. The largest absolute Gasteiger partial charge is 0.311 e. The Kier molecular flexibility index (Phi) is 3.68. The first-order valence-electron chi connectivity index (χ1n) is 5.19. The molecular formula is C11H15N3S2. The van der Waals surface area contributed by atoms with Crippen LogP contribution in [0.2, 0.25) is 0 Å². The van der Waals surface area contributed by atoms with Crippen molar-refractivity contribution < 1.29 is 0 Å². The van der Waals surface area contributed by atoms with E-state index in [2.05, 4.69) is 26.0 Å². The summed E-state index contributed by atoms with van der Waals surface area (Å²) in [7, 11) is 1.97. The fraction of sp³-hybridized carbons (Fsp3) is 0.455. The van der Waals surface area contributed by atoms with E-state index < -0.39 is 0 Å². The fourth-order valence-corrected chi connectivity index (χ4v) is 3.05. The summed E-state index contributed by atoms with van der Waals surface area (Å²) in [5, 5.41) is 9.80. The third-order valence-electron chi connectivity index (χ3n) is 2.39. The molecule has 0 bridgehead atoms. The predicted molar refractivity (Wildman–Crippen MR) is 69.2 cm³/mol. The predicted octanol–water partition coefficient (Wildman–Crippen LogP) is 2.72. The van der Waals surface area contributed by atoms with Gasteiger partial charge in [-0.2, -0.15) is 0 Å². The minimum Gasteiger partial charge on any atom is -0.311 e. The number of aromatic nitrogens is 2. The lowest BCUT2D eigenvalue weighted by Gasteiger charge is -2.11. The normalized spacial score (nSPS) is 12.9. The third-order valence-corrected chi connectivity index (χ3v) is 4.17. The second kappa shape index (κ2) is 5.03. The van der Waals surface area contributed by atoms with E-state index in [9.17, 15) is 0 Å². The van der Waals surface area contributed by atoms with Crippen LogP contribution in [0.15, 0.2) is 10.8 Å². The van der Waals surface area contributed by atoms with Crippen molar-refractivity contribution in [2.45, 2.75) is 26.3 Å². The Balaban J connectivity index is 2.12. The van der Waals surface area contributed by atoms with Gasteiger partial charge in [0.05, 0.1) is 21.8 Å². The average Bonchev–Trinajstić information content (AvgIpc) is 2.84. The highest BCUT2D eigenvalue weighted by Gasteiger charge is 2.14. The molecule has 0 radical (unpaired) electrons. The number of hydrogen-bond acceptors (Lipinski definition) is 5. The van der Waals surface area contributed by atoms with Gasteiger partial charge in [0, 0.05) is 22.9 Å². The van der Waals surface area contributed by atoms with Crippen molar-refractivity contribution in [2.75, 3.05) is 7.05 Å². The van der Waals surface area contributed by atoms with Crippen LogP contribution in [0.3, 0.4) is 0 Å². The van der Waals surface area contributed by atoms with Crippen molar-refractivity contribution in [3.8, 4) is 0 Å². The number of nitrogens with zero attached hydrogens (tertiary/aromatic N) is 2. The number of nitrogens with one attached hydrogen (secondary N) is 1. The minimum absolute atomic E-state index is 0.274. The smallest absolute Gasteiger partial charge is 0.0947 e. The number of likely N-dealkylation sites (N-methyl/N-ethyl adjacent to an activating group) is 1. The van der Waals surface area contributed by atoms with Gasteiger partial charge in [-0.1, -0.05) is 0 Å². The lowest BCUT2D eigenvalue weighted by atomic mass is 10.1. The zero-order chi connectivity index (χ0) is 11.5. The van der Waals surface area contributed by atoms with Crippen molar-refractivity contribution in [1.82, 2.24) is 15.3 Å². The first-order chi connectivity index (χ1) is 7.69. The SMILES string of the molecule is CNC(Cc1nc(C)cs1)c1csc(C)n1. The van der Waals surface area contributed by atoms with Crippen molar-refractivity contribution in [3.05, 3.63) is 32.2 Å². The van der Waals surface area contributed by atoms with Crippen LogP contribution in [0.5, 0.6) is 0 Å². The zero-order valence-corrected chi connectivity index (χ0v) is 11.3. The molecule has 0 aromatic carbocycles. The lowest BCUT2D eigenvalue weighted by Crippen LogP contribution is -2.19. The Bertz CT molecular complexity index is 461. The molecule has 2 aromatic rings. The molecule has 0 aliphatic carbocycles. The van der Waals surface area contributed by atoms with Crippen LogP contribution in [0.25, 0.3) is 0 Å². The van der Waals surface area contributed by atoms with Gasteiger partial charge in [-0.25, -0.2) is 9.97 Å². The topological polar surface area (TPSA) is 37.8 Å². The number of thiazole rings is 2. The third kappa shape index (κ3) is 2.66. The molecule has 3 nitrogen and oxygen atoms in total. The maximum absolute atomic E-state index is 4.52. The summed E-state index contributed by atoms with van der Waals surface area (Å²) in [4.78, 5) is 9.00. The molecule has 0 fully saturated rings. The van der Waals surface area contributed by atoms with Gasteiger partial charge in [-0.15, -0.1) is 22.7 Å². The molecule has 5 heteroatoms. The van der Waals surface area contributed by atoms with E-state index in [0.29, 0.717) is 0 Å². The van der Waals surface area contributed by atoms with Gasteiger partial charge in [0.15, 0.2) is 0 Å². The maximum Gasteiger partial charge on any atom is 0.0947 e. The van der Waals surface area contributed by atoms with Gasteiger partial charge >= 0.3 is 0 Å². The molecule has 0 aliphatic heterocycles. The van der Waals surface area contributed by atoms with Crippen molar-refractivity contribution in [2.24, 2.45) is 0 Å². The number of hydrogen-bond donors (Lipinski definition) is 1. The summed E-state index contributed by atoms with van der Waals surface area (Å²) in [6.07, 6.45) is 0.915. The van der Waals surface area contributed by atoms with Crippen molar-refractivity contribution in [1.29, 1.82) is 0 Å². The Hall–Kier alpha value is -0.780. The number of aryl methyl sites for hydroxylation is 2. The van der Waals surface area contributed by atoms with E-state index in [1.165, 1.54) is 5.01 Å². The minimum atomic E-state index is 0.274. The second-order valence-electron chi connectivity index (χ2n) is 3.72. The summed E-state index contributed by atoms with van der Waals surface area (Å²) < 4.78 is 0. The van der Waals surface area contributed by atoms with Gasteiger partial charge in [0.2, 0.25) is 0 Å². The highest BCUT2D eigenvalue weighted by atomic mass is 32.1. The molecule has 0 saturated heterocycles. The molecule has 2 aromatic heterocycles. The van der Waals surface area contributed by atoms with Gasteiger partial charge < -0.3 is 5.32 Å². The second-order valence-corrected chi connectivity index (χ2v) is 5.72. The highest BCUT2D eigenvalue weighted by Crippen LogP contribution is 2.21. The van der Waals surface area contributed by atoms with Crippen LogP contribution in [0.1, 0.15) is 27.4 Å². The molecule has 0 aliphatic rings. The first kappa shape index (κ1) is 11.7. The Morgan fingerprint density at radius 2 is 2.06 bits per heavy atom. The summed E-state index contributed by atoms with van der Waals surface area (Å²) in [6.45, 7) is 4.07. The summed E-state index contributed by atoms with van der Waals surface area (Å²) in [5.41, 5.74) is 2.22. The summed E-state index contributed by atoms with van der Waals surface area (Å²) in [5.74, 6) is 0. The van der Waals surface area contributed by atoms with Crippen LogP contribution in [-0.2, 0) is 6.42 Å². The summed E-state index contributed by atoms with van der Waals surface area (Å²) >= 11 is 3.41. The van der Waals surface area contributed by atoms with Crippen LogP contribution < -0.4 is 5.32 Å². The molecule has 86 valence electrons. The average molecular weight is 253 g/mol. The summed E-state index contributed by atoms with van der Waals surface area (Å²) in [6, 6.07) is 0.274. The molecule has 16 heavy (non-hydrogen) atoms. The molecule has 0 amide bonds. The lowest BCUT2D eigenvalue weighted by molar-refractivity contribution is 0.576. The Labute approximate surface area is 104 Å². The van der Waals surface area contributed by atoms with Gasteiger partial charge in [0.1, 0.15) is 0 Å². The van der Waals surface area contributed by atoms with E-state index in [4.69, 9.17) is 0 Å². The maximum atomic E-state index is 4.52. The molecule has 1 atom stereocenters. The van der Waals surface area contributed by atoms with Crippen molar-refractivity contribution >= 4 is 22.7 Å². The highest BCUT2D eigenvalue weighted by molar-refractivity contribution is 7.10. The van der Waals surface area contributed by atoms with Crippen LogP contribution in [-0.4, -0.2) is 17.0 Å². The molecule has 0 spiro atoms. The Morgan fingerprint density at radius 1 is 1.25 bits per heavy atom.